The fraction of sp³-hybridized carbons (Fsp3) is 0.500. The molecule has 1 saturated heterocycles. The highest BCUT2D eigenvalue weighted by Gasteiger charge is 2.39. The number of hydrogen-bond acceptors (Lipinski definition) is 5. The van der Waals surface area contributed by atoms with Gasteiger partial charge in [0.1, 0.15) is 5.82 Å². The summed E-state index contributed by atoms with van der Waals surface area (Å²) < 4.78 is 45.4. The van der Waals surface area contributed by atoms with Crippen LogP contribution in [0.3, 0.4) is 0 Å². The first-order chi connectivity index (χ1) is 11.2. The molecule has 3 rings (SSSR count). The summed E-state index contributed by atoms with van der Waals surface area (Å²) in [6.45, 7) is 6.03. The van der Waals surface area contributed by atoms with E-state index >= 15 is 0 Å². The van der Waals surface area contributed by atoms with Crippen LogP contribution in [0.2, 0.25) is 0 Å². The van der Waals surface area contributed by atoms with Crippen molar-refractivity contribution in [2.24, 2.45) is 0 Å². The fourth-order valence-electron chi connectivity index (χ4n) is 2.91. The number of sulfonamides is 1. The van der Waals surface area contributed by atoms with E-state index in [4.69, 9.17) is 4.52 Å². The Hall–Kier alpha value is -1.80. The van der Waals surface area contributed by atoms with Gasteiger partial charge in [0.05, 0.1) is 4.90 Å². The van der Waals surface area contributed by atoms with Gasteiger partial charge in [-0.2, -0.15) is 9.29 Å². The lowest BCUT2D eigenvalue weighted by atomic mass is 9.80. The normalized spacial score (nSPS) is 18.7. The van der Waals surface area contributed by atoms with Gasteiger partial charge in [0.25, 0.3) is 0 Å². The van der Waals surface area contributed by atoms with E-state index in [9.17, 15) is 12.8 Å². The van der Waals surface area contributed by atoms with Crippen LogP contribution >= 0.6 is 0 Å². The Bertz CT molecular complexity index is 855. The third-order valence-corrected chi connectivity index (χ3v) is 6.56. The second-order valence-corrected chi connectivity index (χ2v) is 8.45. The van der Waals surface area contributed by atoms with Gasteiger partial charge in [-0.3, -0.25) is 0 Å². The first-order valence-corrected chi connectivity index (χ1v) is 9.23. The zero-order valence-corrected chi connectivity index (χ0v) is 14.7. The number of aromatic nitrogens is 2. The van der Waals surface area contributed by atoms with E-state index in [1.807, 2.05) is 6.92 Å². The summed E-state index contributed by atoms with van der Waals surface area (Å²) in [7, 11) is -3.63. The molecule has 0 bridgehead atoms. The Morgan fingerprint density at radius 1 is 1.25 bits per heavy atom. The van der Waals surface area contributed by atoms with Gasteiger partial charge in [-0.1, -0.05) is 12.1 Å². The summed E-state index contributed by atoms with van der Waals surface area (Å²) in [5.74, 6) is 0.713. The molecule has 1 aliphatic rings. The molecule has 0 unspecified atom stereocenters. The quantitative estimate of drug-likeness (QED) is 0.848. The molecule has 6 nitrogen and oxygen atoms in total. The first-order valence-electron chi connectivity index (χ1n) is 7.79. The molecule has 0 saturated carbocycles. The summed E-state index contributed by atoms with van der Waals surface area (Å²) in [4.78, 5) is 4.41. The summed E-state index contributed by atoms with van der Waals surface area (Å²) in [6, 6.07) is 3.88. The molecule has 0 atom stereocenters. The third kappa shape index (κ3) is 2.95. The van der Waals surface area contributed by atoms with Crippen LogP contribution in [-0.2, 0) is 15.4 Å². The first kappa shape index (κ1) is 17.0. The molecule has 0 radical (unpaired) electrons. The minimum Gasteiger partial charge on any atom is -0.340 e. The Morgan fingerprint density at radius 3 is 2.46 bits per heavy atom. The fourth-order valence-corrected chi connectivity index (χ4v) is 4.44. The van der Waals surface area contributed by atoms with Crippen molar-refractivity contribution in [3.05, 3.63) is 41.3 Å². The molecular formula is C16H20FN3O3S. The number of aryl methyl sites for hydroxylation is 2. The zero-order chi connectivity index (χ0) is 17.5. The number of halogens is 1. The molecule has 130 valence electrons. The van der Waals surface area contributed by atoms with Crippen LogP contribution < -0.4 is 0 Å². The van der Waals surface area contributed by atoms with Gasteiger partial charge in [-0.15, -0.1) is 0 Å². The molecule has 0 spiro atoms. The largest absolute Gasteiger partial charge is 0.340 e. The molecule has 1 aliphatic heterocycles. The summed E-state index contributed by atoms with van der Waals surface area (Å²) in [6.07, 6.45) is 1.21. The smallest absolute Gasteiger partial charge is 0.243 e. The Kier molecular flexibility index (Phi) is 4.21. The minimum atomic E-state index is -3.63. The van der Waals surface area contributed by atoms with E-state index in [2.05, 4.69) is 10.1 Å². The summed E-state index contributed by atoms with van der Waals surface area (Å²) >= 11 is 0. The average molecular weight is 353 g/mol. The molecule has 24 heavy (non-hydrogen) atoms. The van der Waals surface area contributed by atoms with E-state index in [1.54, 1.807) is 13.8 Å². The second-order valence-electron chi connectivity index (χ2n) is 6.51. The highest BCUT2D eigenvalue weighted by atomic mass is 32.2. The van der Waals surface area contributed by atoms with Gasteiger partial charge in [0.15, 0.2) is 5.82 Å². The van der Waals surface area contributed by atoms with Crippen molar-refractivity contribution in [3.63, 3.8) is 0 Å². The molecule has 1 aromatic carbocycles. The maximum atomic E-state index is 13.4. The van der Waals surface area contributed by atoms with Crippen molar-refractivity contribution in [2.45, 2.75) is 43.9 Å². The standard InChI is InChI=1S/C16H20FN3O3S/c1-11-10-13(4-5-14(11)17)24(21,22)20-8-6-16(3,7-9-20)15-18-12(2)23-19-15/h4-5,10H,6-9H2,1-3H3. The highest BCUT2D eigenvalue weighted by Crippen LogP contribution is 2.35. The number of hydrogen-bond donors (Lipinski definition) is 0. The molecule has 1 fully saturated rings. The van der Waals surface area contributed by atoms with Crippen molar-refractivity contribution in [2.75, 3.05) is 13.1 Å². The van der Waals surface area contributed by atoms with Crippen LogP contribution in [0.25, 0.3) is 0 Å². The van der Waals surface area contributed by atoms with E-state index in [0.29, 0.717) is 43.2 Å². The van der Waals surface area contributed by atoms with Gasteiger partial charge >= 0.3 is 0 Å². The van der Waals surface area contributed by atoms with Gasteiger partial charge < -0.3 is 4.52 Å². The average Bonchev–Trinajstić information content (AvgIpc) is 2.98. The summed E-state index contributed by atoms with van der Waals surface area (Å²) in [5.41, 5.74) is 0.0165. The van der Waals surface area contributed by atoms with Crippen molar-refractivity contribution in [3.8, 4) is 0 Å². The lowest BCUT2D eigenvalue weighted by Gasteiger charge is -2.36. The number of piperidine rings is 1. The maximum absolute atomic E-state index is 13.4. The molecule has 8 heteroatoms. The monoisotopic (exact) mass is 353 g/mol. The van der Waals surface area contributed by atoms with Crippen LogP contribution in [0.5, 0.6) is 0 Å². The molecule has 2 aromatic rings. The van der Waals surface area contributed by atoms with Crippen LogP contribution in [0.1, 0.15) is 37.0 Å². The van der Waals surface area contributed by atoms with E-state index in [-0.39, 0.29) is 10.3 Å². The zero-order valence-electron chi connectivity index (χ0n) is 13.9. The predicted molar refractivity (Wildman–Crippen MR) is 85.5 cm³/mol. The van der Waals surface area contributed by atoms with E-state index in [0.717, 1.165) is 0 Å². The summed E-state index contributed by atoms with van der Waals surface area (Å²) in [5, 5.41) is 3.98. The van der Waals surface area contributed by atoms with Gasteiger partial charge in [-0.25, -0.2) is 12.8 Å². The Labute approximate surface area is 140 Å². The predicted octanol–water partition coefficient (Wildman–Crippen LogP) is 2.57. The molecule has 0 amide bonds. The number of rotatable bonds is 3. The van der Waals surface area contributed by atoms with Crippen molar-refractivity contribution >= 4 is 10.0 Å². The minimum absolute atomic E-state index is 0.125. The van der Waals surface area contributed by atoms with Crippen molar-refractivity contribution in [1.29, 1.82) is 0 Å². The van der Waals surface area contributed by atoms with E-state index in [1.165, 1.54) is 22.5 Å². The van der Waals surface area contributed by atoms with Crippen molar-refractivity contribution < 1.29 is 17.3 Å². The van der Waals surface area contributed by atoms with Crippen LogP contribution in [-0.4, -0.2) is 36.0 Å². The molecule has 1 aromatic heterocycles. The lowest BCUT2D eigenvalue weighted by Crippen LogP contribution is -2.44. The van der Waals surface area contributed by atoms with Crippen molar-refractivity contribution in [1.82, 2.24) is 14.4 Å². The Balaban J connectivity index is 1.79. The lowest BCUT2D eigenvalue weighted by molar-refractivity contribution is 0.233. The molecule has 2 heterocycles. The number of benzene rings is 1. The third-order valence-electron chi connectivity index (χ3n) is 4.66. The maximum Gasteiger partial charge on any atom is 0.243 e. The Morgan fingerprint density at radius 2 is 1.92 bits per heavy atom. The molecule has 0 N–H and O–H groups in total. The molecular weight excluding hydrogens is 333 g/mol. The van der Waals surface area contributed by atoms with Gasteiger partial charge in [0.2, 0.25) is 15.9 Å². The SMILES string of the molecule is Cc1nc(C2(C)CCN(S(=O)(=O)c3ccc(F)c(C)c3)CC2)no1. The second kappa shape index (κ2) is 5.93. The van der Waals surface area contributed by atoms with Gasteiger partial charge in [0, 0.05) is 25.4 Å². The van der Waals surface area contributed by atoms with Crippen LogP contribution in [0.15, 0.2) is 27.6 Å². The van der Waals surface area contributed by atoms with Crippen LogP contribution in [0.4, 0.5) is 4.39 Å². The van der Waals surface area contributed by atoms with E-state index < -0.39 is 15.8 Å². The van der Waals surface area contributed by atoms with Gasteiger partial charge in [-0.05, 0) is 43.5 Å². The number of nitrogens with zero attached hydrogens (tertiary/aromatic N) is 3. The molecule has 0 aliphatic carbocycles. The topological polar surface area (TPSA) is 76.3 Å². The van der Waals surface area contributed by atoms with Crippen LogP contribution in [0, 0.1) is 19.7 Å². The highest BCUT2D eigenvalue weighted by molar-refractivity contribution is 7.89.